The Labute approximate surface area is 270 Å². The fraction of sp³-hybridized carbons (Fsp3) is 0.441. The van der Waals surface area contributed by atoms with Gasteiger partial charge in [-0.1, -0.05) is 32.9 Å². The zero-order valence-electron chi connectivity index (χ0n) is 27.5. The highest BCUT2D eigenvalue weighted by molar-refractivity contribution is 6.02. The van der Waals surface area contributed by atoms with Gasteiger partial charge in [0.15, 0.2) is 0 Å². The quantitative estimate of drug-likeness (QED) is 0.182. The number of nitrogens with one attached hydrogen (secondary N) is 4. The molecule has 5 rings (SSSR count). The van der Waals surface area contributed by atoms with Crippen molar-refractivity contribution in [2.24, 2.45) is 5.41 Å². The number of ether oxygens (including phenoxy) is 1. The minimum absolute atomic E-state index is 0.0603. The Balaban J connectivity index is 1.35. The zero-order valence-corrected chi connectivity index (χ0v) is 27.5. The standard InChI is InChI=1S/C34H45N9O3/c1-22(35-5)18-37-30(34(2,3)4)33(45)43-14-7-8-28(43)32(44)41-27-16-25-26(17-29(27)46-6)38-20-39-31(25)40-24-11-9-23(10-12-24)19-42-15-13-36-21-42/h9-13,15-17,20-22,28,30,35,37H,7-8,14,18-19H2,1-6H3,(H,41,44)(H,38,39,40)/t22-,28-,30+/m0/s1. The summed E-state index contributed by atoms with van der Waals surface area (Å²) in [6, 6.07) is 10.9. The summed E-state index contributed by atoms with van der Waals surface area (Å²) in [4.78, 5) is 42.5. The Kier molecular flexibility index (Phi) is 10.2. The SMILES string of the molecule is CN[C@@H](C)CN[C@H](C(=O)N1CCC[C@H]1C(=O)Nc1cc2c(Nc3ccc(Cn4ccnc4)cc3)ncnc2cc1OC)C(C)(C)C. The Morgan fingerprint density at radius 1 is 1.13 bits per heavy atom. The normalized spacial score (nSPS) is 16.3. The van der Waals surface area contributed by atoms with Crippen LogP contribution in [0.3, 0.4) is 0 Å². The van der Waals surface area contributed by atoms with Crippen LogP contribution in [0.1, 0.15) is 46.1 Å². The van der Waals surface area contributed by atoms with E-state index in [2.05, 4.69) is 55.3 Å². The van der Waals surface area contributed by atoms with Crippen LogP contribution in [0, 0.1) is 5.41 Å². The molecule has 0 spiro atoms. The van der Waals surface area contributed by atoms with Gasteiger partial charge in [0.2, 0.25) is 11.8 Å². The molecule has 0 bridgehead atoms. The summed E-state index contributed by atoms with van der Waals surface area (Å²) in [5.41, 5.74) is 2.82. The maximum absolute atomic E-state index is 13.9. The van der Waals surface area contributed by atoms with Crippen molar-refractivity contribution in [2.45, 2.75) is 65.2 Å². The van der Waals surface area contributed by atoms with Gasteiger partial charge in [-0.15, -0.1) is 0 Å². The third-order valence-electron chi connectivity index (χ3n) is 8.43. The van der Waals surface area contributed by atoms with Crippen molar-refractivity contribution in [3.8, 4) is 5.75 Å². The lowest BCUT2D eigenvalue weighted by Crippen LogP contribution is -2.57. The Bertz CT molecular complexity index is 1630. The highest BCUT2D eigenvalue weighted by atomic mass is 16.5. The summed E-state index contributed by atoms with van der Waals surface area (Å²) in [7, 11) is 3.45. The van der Waals surface area contributed by atoms with Gasteiger partial charge in [0.1, 0.15) is 23.9 Å². The molecule has 4 aromatic rings. The molecule has 3 heterocycles. The molecule has 0 aliphatic carbocycles. The first kappa shape index (κ1) is 32.8. The first-order valence-corrected chi connectivity index (χ1v) is 15.7. The van der Waals surface area contributed by atoms with E-state index in [9.17, 15) is 9.59 Å². The van der Waals surface area contributed by atoms with Crippen LogP contribution in [-0.2, 0) is 16.1 Å². The minimum Gasteiger partial charge on any atom is -0.494 e. The average molecular weight is 628 g/mol. The van der Waals surface area contributed by atoms with E-state index in [0.717, 1.165) is 29.6 Å². The monoisotopic (exact) mass is 627 g/mol. The van der Waals surface area contributed by atoms with Crippen molar-refractivity contribution in [3.05, 3.63) is 67.0 Å². The number of carbonyl (C=O) groups is 2. The van der Waals surface area contributed by atoms with Gasteiger partial charge >= 0.3 is 0 Å². The van der Waals surface area contributed by atoms with Gasteiger partial charge in [-0.25, -0.2) is 15.0 Å². The topological polar surface area (TPSA) is 138 Å². The molecular formula is C34H45N9O3. The van der Waals surface area contributed by atoms with Gasteiger partial charge in [-0.3, -0.25) is 9.59 Å². The van der Waals surface area contributed by atoms with Crippen LogP contribution in [0.4, 0.5) is 17.2 Å². The van der Waals surface area contributed by atoms with Crippen LogP contribution in [-0.4, -0.2) is 81.6 Å². The third kappa shape index (κ3) is 7.63. The van der Waals surface area contributed by atoms with Crippen molar-refractivity contribution in [2.75, 3.05) is 37.9 Å². The van der Waals surface area contributed by atoms with Gasteiger partial charge in [-0.2, -0.15) is 0 Å². The van der Waals surface area contributed by atoms with Gasteiger partial charge in [0.05, 0.1) is 30.7 Å². The van der Waals surface area contributed by atoms with Crippen molar-refractivity contribution in [1.82, 2.24) is 35.1 Å². The van der Waals surface area contributed by atoms with Crippen molar-refractivity contribution in [3.63, 3.8) is 0 Å². The van der Waals surface area contributed by atoms with Crippen LogP contribution in [0.5, 0.6) is 5.75 Å². The number of rotatable bonds is 12. The maximum Gasteiger partial charge on any atom is 0.247 e. The molecule has 1 aliphatic heterocycles. The molecule has 12 nitrogen and oxygen atoms in total. The second kappa shape index (κ2) is 14.3. The summed E-state index contributed by atoms with van der Waals surface area (Å²) < 4.78 is 7.66. The summed E-state index contributed by atoms with van der Waals surface area (Å²) in [6.45, 7) is 10.1. The van der Waals surface area contributed by atoms with Gasteiger partial charge in [0.25, 0.3) is 0 Å². The number of fused-ring (bicyclic) bond motifs is 1. The third-order valence-corrected chi connectivity index (χ3v) is 8.43. The lowest BCUT2D eigenvalue weighted by molar-refractivity contribution is -0.140. The van der Waals surface area contributed by atoms with Crippen molar-refractivity contribution >= 4 is 39.9 Å². The molecule has 0 unspecified atom stereocenters. The number of benzene rings is 2. The average Bonchev–Trinajstić information content (AvgIpc) is 3.74. The Morgan fingerprint density at radius 2 is 1.91 bits per heavy atom. The Morgan fingerprint density at radius 3 is 2.59 bits per heavy atom. The second-order valence-electron chi connectivity index (χ2n) is 12.9. The Hall–Kier alpha value is -4.55. The van der Waals surface area contributed by atoms with E-state index in [1.807, 2.05) is 56.8 Å². The summed E-state index contributed by atoms with van der Waals surface area (Å²) >= 11 is 0. The van der Waals surface area contributed by atoms with E-state index in [0.29, 0.717) is 42.3 Å². The van der Waals surface area contributed by atoms with Crippen LogP contribution in [0.25, 0.3) is 10.9 Å². The zero-order chi connectivity index (χ0) is 32.8. The minimum atomic E-state index is -0.591. The largest absolute Gasteiger partial charge is 0.494 e. The molecule has 2 aromatic heterocycles. The smallest absolute Gasteiger partial charge is 0.247 e. The summed E-state index contributed by atoms with van der Waals surface area (Å²) in [5, 5.41) is 13.8. The van der Waals surface area contributed by atoms with E-state index in [-0.39, 0.29) is 23.3 Å². The van der Waals surface area contributed by atoms with E-state index in [4.69, 9.17) is 4.74 Å². The van der Waals surface area contributed by atoms with Crippen molar-refractivity contribution in [1.29, 1.82) is 0 Å². The van der Waals surface area contributed by atoms with Crippen LogP contribution < -0.4 is 26.0 Å². The fourth-order valence-corrected chi connectivity index (χ4v) is 5.72. The number of nitrogens with zero attached hydrogens (tertiary/aromatic N) is 5. The van der Waals surface area contributed by atoms with E-state index >= 15 is 0 Å². The molecule has 244 valence electrons. The molecule has 46 heavy (non-hydrogen) atoms. The number of amides is 2. The number of hydrogen-bond donors (Lipinski definition) is 4. The van der Waals surface area contributed by atoms with E-state index < -0.39 is 12.1 Å². The highest BCUT2D eigenvalue weighted by Crippen LogP contribution is 2.34. The molecule has 2 aromatic carbocycles. The van der Waals surface area contributed by atoms with Crippen LogP contribution in [0.2, 0.25) is 0 Å². The lowest BCUT2D eigenvalue weighted by atomic mass is 9.85. The number of methoxy groups -OCH3 is 1. The van der Waals surface area contributed by atoms with Gasteiger partial charge < -0.3 is 35.5 Å². The lowest BCUT2D eigenvalue weighted by Gasteiger charge is -2.36. The van der Waals surface area contributed by atoms with Gasteiger partial charge in [-0.05, 0) is 56.0 Å². The first-order valence-electron chi connectivity index (χ1n) is 15.7. The molecule has 2 amide bonds. The molecule has 3 atom stereocenters. The van der Waals surface area contributed by atoms with Crippen LogP contribution in [0.15, 0.2) is 61.4 Å². The predicted octanol–water partition coefficient (Wildman–Crippen LogP) is 4.17. The van der Waals surface area contributed by atoms with Crippen LogP contribution >= 0.6 is 0 Å². The molecule has 4 N–H and O–H groups in total. The number of likely N-dealkylation sites (N-methyl/N-ethyl adjacent to an activating group) is 1. The molecule has 0 saturated carbocycles. The number of carbonyl (C=O) groups excluding carboxylic acids is 2. The van der Waals surface area contributed by atoms with Gasteiger partial charge in [0, 0.05) is 55.2 Å². The number of hydrogen-bond acceptors (Lipinski definition) is 9. The van der Waals surface area contributed by atoms with E-state index in [1.54, 1.807) is 30.6 Å². The second-order valence-corrected chi connectivity index (χ2v) is 12.9. The van der Waals surface area contributed by atoms with Crippen molar-refractivity contribution < 1.29 is 14.3 Å². The summed E-state index contributed by atoms with van der Waals surface area (Å²) in [5.74, 6) is 0.757. The van der Waals surface area contributed by atoms with E-state index in [1.165, 1.54) is 6.33 Å². The molecule has 1 fully saturated rings. The highest BCUT2D eigenvalue weighted by Gasteiger charge is 2.41. The summed E-state index contributed by atoms with van der Waals surface area (Å²) in [6.07, 6.45) is 8.32. The molecule has 1 saturated heterocycles. The number of aromatic nitrogens is 4. The molecule has 1 aliphatic rings. The maximum atomic E-state index is 13.9. The number of anilines is 3. The predicted molar refractivity (Wildman–Crippen MR) is 180 cm³/mol. The molecule has 12 heteroatoms. The number of imidazole rings is 1. The number of likely N-dealkylation sites (tertiary alicyclic amines) is 1. The molecule has 0 radical (unpaired) electrons. The fourth-order valence-electron chi connectivity index (χ4n) is 5.72. The molecular weight excluding hydrogens is 582 g/mol. The first-order chi connectivity index (χ1) is 22.1.